The third-order valence-electron chi connectivity index (χ3n) is 4.12. The molecule has 0 unspecified atom stereocenters. The van der Waals surface area contributed by atoms with E-state index in [-0.39, 0.29) is 11.5 Å². The molecule has 3 aromatic rings. The molecule has 8 heteroatoms. The van der Waals surface area contributed by atoms with Gasteiger partial charge in [-0.05, 0) is 54.6 Å². The summed E-state index contributed by atoms with van der Waals surface area (Å²) in [5.74, 6) is 0.0359. The molecule has 0 radical (unpaired) electrons. The third-order valence-corrected chi connectivity index (χ3v) is 4.35. The SMILES string of the molecule is CNc1ccc(C(=O)Nc2ccc(OC)cc2C(=O)Nc2ccc(Cl)cn2)cc1. The smallest absolute Gasteiger partial charge is 0.259 e. The first-order valence-electron chi connectivity index (χ1n) is 8.70. The highest BCUT2D eigenvalue weighted by Gasteiger charge is 2.16. The fraction of sp³-hybridized carbons (Fsp3) is 0.0952. The third kappa shape index (κ3) is 5.03. The number of rotatable bonds is 6. The largest absolute Gasteiger partial charge is 0.497 e. The highest BCUT2D eigenvalue weighted by atomic mass is 35.5. The molecule has 148 valence electrons. The number of hydrogen-bond acceptors (Lipinski definition) is 5. The maximum atomic E-state index is 12.8. The van der Waals surface area contributed by atoms with Crippen molar-refractivity contribution in [3.63, 3.8) is 0 Å². The zero-order chi connectivity index (χ0) is 20.8. The molecular formula is C21H19ClN4O3. The number of aromatic nitrogens is 1. The van der Waals surface area contributed by atoms with E-state index in [2.05, 4.69) is 20.9 Å². The fourth-order valence-electron chi connectivity index (χ4n) is 2.56. The van der Waals surface area contributed by atoms with Gasteiger partial charge in [0.25, 0.3) is 11.8 Å². The lowest BCUT2D eigenvalue weighted by atomic mass is 10.1. The zero-order valence-electron chi connectivity index (χ0n) is 15.8. The van der Waals surface area contributed by atoms with Crippen LogP contribution >= 0.6 is 11.6 Å². The Bertz CT molecular complexity index is 1020. The molecule has 0 atom stereocenters. The van der Waals surface area contributed by atoms with Gasteiger partial charge in [-0.1, -0.05) is 11.6 Å². The highest BCUT2D eigenvalue weighted by molar-refractivity contribution is 6.30. The van der Waals surface area contributed by atoms with Crippen LogP contribution in [0.5, 0.6) is 5.75 Å². The van der Waals surface area contributed by atoms with Gasteiger partial charge >= 0.3 is 0 Å². The second kappa shape index (κ2) is 9.07. The first-order chi connectivity index (χ1) is 14.0. The van der Waals surface area contributed by atoms with Crippen molar-refractivity contribution in [2.24, 2.45) is 0 Å². The molecule has 0 bridgehead atoms. The number of nitrogens with zero attached hydrogens (tertiary/aromatic N) is 1. The molecule has 0 aliphatic carbocycles. The van der Waals surface area contributed by atoms with E-state index in [9.17, 15) is 9.59 Å². The van der Waals surface area contributed by atoms with Gasteiger partial charge in [0.1, 0.15) is 11.6 Å². The minimum atomic E-state index is -0.445. The van der Waals surface area contributed by atoms with Crippen molar-refractivity contribution in [1.82, 2.24) is 4.98 Å². The Balaban J connectivity index is 1.85. The number of pyridine rings is 1. The summed E-state index contributed by atoms with van der Waals surface area (Å²) >= 11 is 5.82. The molecule has 1 heterocycles. The van der Waals surface area contributed by atoms with E-state index in [1.54, 1.807) is 61.6 Å². The van der Waals surface area contributed by atoms with Gasteiger partial charge in [0.15, 0.2) is 0 Å². The number of methoxy groups -OCH3 is 1. The minimum absolute atomic E-state index is 0.237. The molecular weight excluding hydrogens is 392 g/mol. The van der Waals surface area contributed by atoms with Gasteiger partial charge in [0, 0.05) is 24.5 Å². The quantitative estimate of drug-likeness (QED) is 0.563. The summed E-state index contributed by atoms with van der Waals surface area (Å²) in [5.41, 5.74) is 1.94. The first kappa shape index (κ1) is 20.2. The normalized spacial score (nSPS) is 10.2. The van der Waals surface area contributed by atoms with Crippen molar-refractivity contribution >= 4 is 40.6 Å². The minimum Gasteiger partial charge on any atom is -0.497 e. The van der Waals surface area contributed by atoms with E-state index in [1.165, 1.54) is 13.3 Å². The van der Waals surface area contributed by atoms with Crippen LogP contribution in [0.25, 0.3) is 0 Å². The van der Waals surface area contributed by atoms with E-state index in [0.29, 0.717) is 27.8 Å². The van der Waals surface area contributed by atoms with Crippen molar-refractivity contribution in [2.75, 3.05) is 30.1 Å². The number of hydrogen-bond donors (Lipinski definition) is 3. The number of anilines is 3. The zero-order valence-corrected chi connectivity index (χ0v) is 16.6. The molecule has 3 rings (SSSR count). The highest BCUT2D eigenvalue weighted by Crippen LogP contribution is 2.24. The first-order valence-corrected chi connectivity index (χ1v) is 9.08. The maximum absolute atomic E-state index is 12.8. The van der Waals surface area contributed by atoms with Crippen LogP contribution in [0.4, 0.5) is 17.2 Å². The van der Waals surface area contributed by atoms with Crippen LogP contribution in [0, 0.1) is 0 Å². The molecule has 0 spiro atoms. The number of halogens is 1. The summed E-state index contributed by atoms with van der Waals surface area (Å²) in [7, 11) is 3.30. The van der Waals surface area contributed by atoms with Gasteiger partial charge in [-0.2, -0.15) is 0 Å². The second-order valence-electron chi connectivity index (χ2n) is 6.01. The molecule has 0 saturated carbocycles. The lowest BCUT2D eigenvalue weighted by Gasteiger charge is -2.13. The summed E-state index contributed by atoms with van der Waals surface area (Å²) in [6.45, 7) is 0. The van der Waals surface area contributed by atoms with Gasteiger partial charge < -0.3 is 20.7 Å². The number of nitrogens with one attached hydrogen (secondary N) is 3. The molecule has 2 aromatic carbocycles. The maximum Gasteiger partial charge on any atom is 0.259 e. The van der Waals surface area contributed by atoms with E-state index in [1.807, 2.05) is 0 Å². The number of ether oxygens (including phenoxy) is 1. The van der Waals surface area contributed by atoms with Gasteiger partial charge in [-0.15, -0.1) is 0 Å². The average Bonchev–Trinajstić information content (AvgIpc) is 2.75. The molecule has 0 aliphatic heterocycles. The van der Waals surface area contributed by atoms with Crippen molar-refractivity contribution < 1.29 is 14.3 Å². The van der Waals surface area contributed by atoms with E-state index in [0.717, 1.165) is 5.69 Å². The number of carbonyl (C=O) groups excluding carboxylic acids is 2. The molecule has 3 N–H and O–H groups in total. The van der Waals surface area contributed by atoms with Gasteiger partial charge in [0.2, 0.25) is 0 Å². The van der Waals surface area contributed by atoms with Crippen LogP contribution in [-0.4, -0.2) is 31.0 Å². The summed E-state index contributed by atoms with van der Waals surface area (Å²) in [4.78, 5) is 29.5. The predicted octanol–water partition coefficient (Wildman–Crippen LogP) is 4.29. The summed E-state index contributed by atoms with van der Waals surface area (Å²) in [5, 5.41) is 8.91. The Labute approximate surface area is 173 Å². The summed E-state index contributed by atoms with van der Waals surface area (Å²) < 4.78 is 5.21. The molecule has 7 nitrogen and oxygen atoms in total. The lowest BCUT2D eigenvalue weighted by Crippen LogP contribution is -2.19. The van der Waals surface area contributed by atoms with Crippen LogP contribution in [0.2, 0.25) is 5.02 Å². The van der Waals surface area contributed by atoms with Gasteiger partial charge in [0.05, 0.1) is 23.4 Å². The lowest BCUT2D eigenvalue weighted by molar-refractivity contribution is 0.102. The Morgan fingerprint density at radius 3 is 2.34 bits per heavy atom. The topological polar surface area (TPSA) is 92.4 Å². The van der Waals surface area contributed by atoms with Crippen LogP contribution < -0.4 is 20.7 Å². The number of carbonyl (C=O) groups is 2. The number of amides is 2. The fourth-order valence-corrected chi connectivity index (χ4v) is 2.68. The molecule has 0 saturated heterocycles. The van der Waals surface area contributed by atoms with Crippen molar-refractivity contribution in [3.05, 3.63) is 76.9 Å². The Hall–Kier alpha value is -3.58. The Morgan fingerprint density at radius 2 is 1.72 bits per heavy atom. The van der Waals surface area contributed by atoms with Crippen LogP contribution in [0.15, 0.2) is 60.8 Å². The van der Waals surface area contributed by atoms with E-state index >= 15 is 0 Å². The van der Waals surface area contributed by atoms with Crippen molar-refractivity contribution in [2.45, 2.75) is 0 Å². The molecule has 1 aromatic heterocycles. The molecule has 0 aliphatic rings. The Kier molecular flexibility index (Phi) is 6.31. The van der Waals surface area contributed by atoms with Crippen LogP contribution in [-0.2, 0) is 0 Å². The van der Waals surface area contributed by atoms with Crippen LogP contribution in [0.3, 0.4) is 0 Å². The van der Waals surface area contributed by atoms with Gasteiger partial charge in [-0.3, -0.25) is 9.59 Å². The number of benzene rings is 2. The summed E-state index contributed by atoms with van der Waals surface area (Å²) in [6, 6.07) is 15.0. The second-order valence-corrected chi connectivity index (χ2v) is 6.45. The monoisotopic (exact) mass is 410 g/mol. The van der Waals surface area contributed by atoms with Crippen LogP contribution in [0.1, 0.15) is 20.7 Å². The van der Waals surface area contributed by atoms with Gasteiger partial charge in [-0.25, -0.2) is 4.98 Å². The Morgan fingerprint density at radius 1 is 0.966 bits per heavy atom. The van der Waals surface area contributed by atoms with E-state index < -0.39 is 5.91 Å². The molecule has 0 fully saturated rings. The summed E-state index contributed by atoms with van der Waals surface area (Å²) in [6.07, 6.45) is 1.43. The van der Waals surface area contributed by atoms with Crippen molar-refractivity contribution in [1.29, 1.82) is 0 Å². The standard InChI is InChI=1S/C21H19ClN4O3/c1-23-15-6-3-13(4-7-15)20(27)25-18-9-8-16(29-2)11-17(18)21(28)26-19-10-5-14(22)12-24-19/h3-12,23H,1-2H3,(H,25,27)(H,24,26,28). The average molecular weight is 411 g/mol. The molecule has 2 amide bonds. The molecule has 29 heavy (non-hydrogen) atoms. The van der Waals surface area contributed by atoms with E-state index in [4.69, 9.17) is 16.3 Å². The predicted molar refractivity (Wildman–Crippen MR) is 114 cm³/mol. The van der Waals surface area contributed by atoms with Crippen molar-refractivity contribution in [3.8, 4) is 5.75 Å².